The van der Waals surface area contributed by atoms with Crippen LogP contribution in [0.15, 0.2) is 12.5 Å². The minimum atomic E-state index is -1.21. The number of H-pyrrole nitrogens is 1. The van der Waals surface area contributed by atoms with Gasteiger partial charge in [0.1, 0.15) is 12.1 Å². The van der Waals surface area contributed by atoms with Crippen molar-refractivity contribution < 1.29 is 24.3 Å². The van der Waals surface area contributed by atoms with E-state index in [1.807, 2.05) is 6.92 Å². The van der Waals surface area contributed by atoms with Crippen molar-refractivity contribution in [2.45, 2.75) is 51.7 Å². The molecule has 1 rings (SSSR count). The molecule has 0 aliphatic heterocycles. The number of nitrogens with zero attached hydrogens (tertiary/aromatic N) is 1. The quantitative estimate of drug-likeness (QED) is 0.264. The molecule has 156 valence electrons. The average molecular weight is 396 g/mol. The minimum Gasteiger partial charge on any atom is -0.480 e. The molecule has 28 heavy (non-hydrogen) atoms. The van der Waals surface area contributed by atoms with Crippen molar-refractivity contribution in [2.24, 2.45) is 11.7 Å². The van der Waals surface area contributed by atoms with E-state index in [0.29, 0.717) is 12.1 Å². The zero-order valence-electron chi connectivity index (χ0n) is 16.2. The lowest BCUT2D eigenvalue weighted by atomic mass is 9.97. The third kappa shape index (κ3) is 7.35. The molecule has 0 fully saturated rings. The first-order chi connectivity index (χ1) is 13.1. The Labute approximate surface area is 162 Å². The fraction of sp³-hybridized carbons (Fsp3) is 0.588. The fourth-order valence-electron chi connectivity index (χ4n) is 2.33. The van der Waals surface area contributed by atoms with Crippen LogP contribution in [0, 0.1) is 5.92 Å². The van der Waals surface area contributed by atoms with Gasteiger partial charge in [0.2, 0.25) is 17.7 Å². The van der Waals surface area contributed by atoms with Crippen molar-refractivity contribution in [3.8, 4) is 0 Å². The van der Waals surface area contributed by atoms with E-state index in [4.69, 9.17) is 5.73 Å². The zero-order valence-corrected chi connectivity index (χ0v) is 16.2. The highest BCUT2D eigenvalue weighted by Gasteiger charge is 2.30. The maximum Gasteiger partial charge on any atom is 0.326 e. The normalized spacial score (nSPS) is 15.0. The van der Waals surface area contributed by atoms with Crippen LogP contribution in [0.5, 0.6) is 0 Å². The first-order valence-corrected chi connectivity index (χ1v) is 8.98. The number of carbonyl (C=O) groups excluding carboxylic acids is 3. The van der Waals surface area contributed by atoms with Gasteiger partial charge in [-0.1, -0.05) is 20.3 Å². The number of carboxylic acid groups (broad SMARTS) is 1. The number of hydrogen-bond donors (Lipinski definition) is 6. The van der Waals surface area contributed by atoms with E-state index in [1.54, 1.807) is 6.92 Å². The number of hydrogen-bond acceptors (Lipinski definition) is 6. The number of aliphatic carboxylic acids is 1. The van der Waals surface area contributed by atoms with Gasteiger partial charge in [0.05, 0.1) is 18.9 Å². The number of aromatic amines is 1. The monoisotopic (exact) mass is 396 g/mol. The molecule has 0 saturated heterocycles. The standard InChI is InChI=1S/C17H28N6O5/c1-4-9(2)14(23-13(24)7-20-15(25)10(3)18)16(26)22-12(17(27)28)5-11-6-19-8-21-11/h6,8-10,12,14H,4-5,7,18H2,1-3H3,(H,19,21)(H,20,25)(H,22,26)(H,23,24)(H,27,28). The molecule has 3 amide bonds. The van der Waals surface area contributed by atoms with Gasteiger partial charge in [-0.3, -0.25) is 14.4 Å². The second-order valence-electron chi connectivity index (χ2n) is 6.62. The first kappa shape index (κ1) is 23.1. The summed E-state index contributed by atoms with van der Waals surface area (Å²) in [6, 6.07) is -2.90. The van der Waals surface area contributed by atoms with Gasteiger partial charge in [0.15, 0.2) is 0 Å². The van der Waals surface area contributed by atoms with E-state index in [0.717, 1.165) is 0 Å². The number of nitrogens with two attached hydrogens (primary N) is 1. The average Bonchev–Trinajstić information content (AvgIpc) is 3.15. The number of amides is 3. The van der Waals surface area contributed by atoms with Crippen LogP contribution in [0.2, 0.25) is 0 Å². The van der Waals surface area contributed by atoms with Crippen LogP contribution in [0.3, 0.4) is 0 Å². The van der Waals surface area contributed by atoms with Gasteiger partial charge >= 0.3 is 5.97 Å². The molecule has 1 aromatic rings. The van der Waals surface area contributed by atoms with Crippen molar-refractivity contribution in [1.82, 2.24) is 25.9 Å². The Morgan fingerprint density at radius 2 is 1.89 bits per heavy atom. The Hall–Kier alpha value is -2.95. The molecule has 1 aromatic heterocycles. The van der Waals surface area contributed by atoms with E-state index in [9.17, 15) is 24.3 Å². The van der Waals surface area contributed by atoms with E-state index < -0.39 is 41.8 Å². The Morgan fingerprint density at radius 3 is 2.39 bits per heavy atom. The van der Waals surface area contributed by atoms with E-state index in [2.05, 4.69) is 25.9 Å². The van der Waals surface area contributed by atoms with E-state index in [-0.39, 0.29) is 18.9 Å². The lowest BCUT2D eigenvalue weighted by Crippen LogP contribution is -2.56. The summed E-state index contributed by atoms with van der Waals surface area (Å²) in [7, 11) is 0. The Balaban J connectivity index is 2.76. The summed E-state index contributed by atoms with van der Waals surface area (Å²) in [6.45, 7) is 4.75. The van der Waals surface area contributed by atoms with Crippen LogP contribution < -0.4 is 21.7 Å². The van der Waals surface area contributed by atoms with Crippen molar-refractivity contribution in [3.63, 3.8) is 0 Å². The van der Waals surface area contributed by atoms with Gasteiger partial charge in [0.25, 0.3) is 0 Å². The molecule has 11 heteroatoms. The number of nitrogens with one attached hydrogen (secondary N) is 4. The Bertz CT molecular complexity index is 676. The minimum absolute atomic E-state index is 0.0205. The van der Waals surface area contributed by atoms with Crippen molar-refractivity contribution in [3.05, 3.63) is 18.2 Å². The molecule has 1 heterocycles. The number of carboxylic acids is 1. The van der Waals surface area contributed by atoms with Gasteiger partial charge in [-0.05, 0) is 12.8 Å². The molecule has 0 bridgehead atoms. The predicted molar refractivity (Wildman–Crippen MR) is 99.9 cm³/mol. The lowest BCUT2D eigenvalue weighted by Gasteiger charge is -2.25. The number of imidazole rings is 1. The molecule has 0 aliphatic rings. The largest absolute Gasteiger partial charge is 0.480 e. The summed E-state index contributed by atoms with van der Waals surface area (Å²) < 4.78 is 0. The first-order valence-electron chi connectivity index (χ1n) is 8.98. The maximum atomic E-state index is 12.6. The molecule has 0 aromatic carbocycles. The molecule has 7 N–H and O–H groups in total. The van der Waals surface area contributed by atoms with Crippen molar-refractivity contribution in [1.29, 1.82) is 0 Å². The Kier molecular flexibility index (Phi) is 9.09. The van der Waals surface area contributed by atoms with Crippen molar-refractivity contribution in [2.75, 3.05) is 6.54 Å². The Morgan fingerprint density at radius 1 is 1.21 bits per heavy atom. The van der Waals surface area contributed by atoms with Gasteiger partial charge in [0, 0.05) is 18.3 Å². The van der Waals surface area contributed by atoms with Crippen LogP contribution in [0.4, 0.5) is 0 Å². The molecule has 0 radical (unpaired) electrons. The third-order valence-electron chi connectivity index (χ3n) is 4.24. The highest BCUT2D eigenvalue weighted by molar-refractivity contribution is 5.92. The lowest BCUT2D eigenvalue weighted by molar-refractivity contribution is -0.142. The van der Waals surface area contributed by atoms with Gasteiger partial charge < -0.3 is 31.8 Å². The third-order valence-corrected chi connectivity index (χ3v) is 4.24. The van der Waals surface area contributed by atoms with Gasteiger partial charge in [-0.2, -0.15) is 0 Å². The fourth-order valence-corrected chi connectivity index (χ4v) is 2.33. The van der Waals surface area contributed by atoms with Crippen molar-refractivity contribution >= 4 is 23.7 Å². The van der Waals surface area contributed by atoms with E-state index >= 15 is 0 Å². The van der Waals surface area contributed by atoms with Gasteiger partial charge in [-0.15, -0.1) is 0 Å². The topological polar surface area (TPSA) is 179 Å². The van der Waals surface area contributed by atoms with Crippen LogP contribution in [-0.4, -0.2) is 63.4 Å². The highest BCUT2D eigenvalue weighted by Crippen LogP contribution is 2.09. The van der Waals surface area contributed by atoms with E-state index in [1.165, 1.54) is 19.4 Å². The molecule has 0 aliphatic carbocycles. The molecule has 0 spiro atoms. The number of carbonyl (C=O) groups is 4. The summed E-state index contributed by atoms with van der Waals surface area (Å²) in [5.74, 6) is -3.15. The smallest absolute Gasteiger partial charge is 0.326 e. The maximum absolute atomic E-state index is 12.6. The molecular weight excluding hydrogens is 368 g/mol. The highest BCUT2D eigenvalue weighted by atomic mass is 16.4. The number of aromatic nitrogens is 2. The predicted octanol–water partition coefficient (Wildman–Crippen LogP) is -1.48. The summed E-state index contributed by atoms with van der Waals surface area (Å²) in [5.41, 5.74) is 5.96. The summed E-state index contributed by atoms with van der Waals surface area (Å²) in [4.78, 5) is 54.3. The van der Waals surface area contributed by atoms with Crippen LogP contribution in [0.25, 0.3) is 0 Å². The summed E-state index contributed by atoms with van der Waals surface area (Å²) >= 11 is 0. The molecule has 4 atom stereocenters. The second-order valence-corrected chi connectivity index (χ2v) is 6.62. The SMILES string of the molecule is CCC(C)C(NC(=O)CNC(=O)C(C)N)C(=O)NC(Cc1cnc[nH]1)C(=O)O. The van der Waals surface area contributed by atoms with Gasteiger partial charge in [-0.25, -0.2) is 9.78 Å². The zero-order chi connectivity index (χ0) is 21.3. The van der Waals surface area contributed by atoms with Crippen LogP contribution in [-0.2, 0) is 25.6 Å². The van der Waals surface area contributed by atoms with Crippen LogP contribution in [0.1, 0.15) is 32.9 Å². The summed E-state index contributed by atoms with van der Waals surface area (Å²) in [5, 5.41) is 16.7. The van der Waals surface area contributed by atoms with Crippen LogP contribution >= 0.6 is 0 Å². The summed E-state index contributed by atoms with van der Waals surface area (Å²) in [6.07, 6.45) is 3.47. The molecule has 11 nitrogen and oxygen atoms in total. The second kappa shape index (κ2) is 11.0. The molecule has 0 saturated carbocycles. The molecular formula is C17H28N6O5. The molecule has 4 unspecified atom stereocenters. The number of rotatable bonds is 11.